The Balaban J connectivity index is 2.33. The number of rotatable bonds is 6. The summed E-state index contributed by atoms with van der Waals surface area (Å²) in [4.78, 5) is 27.6. The molecule has 8 heteroatoms. The number of esters is 1. The summed E-state index contributed by atoms with van der Waals surface area (Å²) in [5.74, 6) is 0.142. The van der Waals surface area contributed by atoms with Gasteiger partial charge in [0.15, 0.2) is 5.75 Å². The van der Waals surface area contributed by atoms with Gasteiger partial charge in [-0.1, -0.05) is 32.0 Å². The molecular weight excluding hydrogens is 432 g/mol. The van der Waals surface area contributed by atoms with E-state index in [1.807, 2.05) is 38.0 Å². The molecule has 1 heterocycles. The summed E-state index contributed by atoms with van der Waals surface area (Å²) >= 11 is 0. The van der Waals surface area contributed by atoms with Crippen molar-refractivity contribution in [3.05, 3.63) is 59.9 Å². The van der Waals surface area contributed by atoms with Gasteiger partial charge in [-0.15, -0.1) is 6.42 Å². The van der Waals surface area contributed by atoms with Crippen molar-refractivity contribution >= 4 is 24.9 Å². The molecule has 0 bridgehead atoms. The lowest BCUT2D eigenvalue weighted by Gasteiger charge is -2.22. The minimum Gasteiger partial charge on any atom is -0.419 e. The number of aliphatic hydroxyl groups is 1. The van der Waals surface area contributed by atoms with Crippen LogP contribution in [-0.4, -0.2) is 32.2 Å². The predicted molar refractivity (Wildman–Crippen MR) is 120 cm³/mol. The molecule has 0 saturated heterocycles. The summed E-state index contributed by atoms with van der Waals surface area (Å²) < 4.78 is 31.2. The van der Waals surface area contributed by atoms with Crippen molar-refractivity contribution < 1.29 is 28.5 Å². The van der Waals surface area contributed by atoms with Crippen LogP contribution in [0.5, 0.6) is 5.75 Å². The van der Waals surface area contributed by atoms with Crippen molar-refractivity contribution in [1.82, 2.24) is 4.98 Å². The maximum atomic E-state index is 13.5. The molecule has 3 rings (SSSR count). The average molecular weight is 454 g/mol. The van der Waals surface area contributed by atoms with Crippen molar-refractivity contribution in [3.8, 4) is 29.4 Å². The van der Waals surface area contributed by atoms with Crippen molar-refractivity contribution in [2.24, 2.45) is 0 Å². The number of para-hydroxylation sites is 1. The monoisotopic (exact) mass is 454 g/mol. The second kappa shape index (κ2) is 9.13. The molecule has 164 valence electrons. The van der Waals surface area contributed by atoms with Gasteiger partial charge in [0.05, 0.1) is 5.52 Å². The first kappa shape index (κ1) is 23.5. The van der Waals surface area contributed by atoms with Gasteiger partial charge in [-0.25, -0.2) is 14.2 Å². The number of halogens is 1. The van der Waals surface area contributed by atoms with Gasteiger partial charge in [-0.05, 0) is 53.7 Å². The maximum Gasteiger partial charge on any atom is 0.540 e. The standard InChI is InChI=1S/C24H21FNO5P/c1-5-24(15(4)27,32(29)30)23(28)31-22-20(14(2)3)18-8-6-7-9-19(18)26-21(22)16-10-12-17(25)13-11-16/h1,6-15,27H,2-4H3/p+1. The van der Waals surface area contributed by atoms with Crippen molar-refractivity contribution in [2.45, 2.75) is 37.9 Å². The van der Waals surface area contributed by atoms with Crippen LogP contribution in [0.3, 0.4) is 0 Å². The highest BCUT2D eigenvalue weighted by atomic mass is 31.1. The molecule has 3 aromatic rings. The number of terminal acetylenes is 1. The van der Waals surface area contributed by atoms with E-state index in [9.17, 15) is 23.7 Å². The lowest BCUT2D eigenvalue weighted by molar-refractivity contribution is -0.138. The van der Waals surface area contributed by atoms with Gasteiger partial charge in [0.25, 0.3) is 0 Å². The van der Waals surface area contributed by atoms with Crippen LogP contribution in [-0.2, 0) is 9.36 Å². The highest BCUT2D eigenvalue weighted by molar-refractivity contribution is 7.42. The fraction of sp³-hybridized carbons (Fsp3) is 0.250. The van der Waals surface area contributed by atoms with E-state index >= 15 is 0 Å². The number of carbonyl (C=O) groups is 1. The first-order chi connectivity index (χ1) is 15.1. The zero-order valence-electron chi connectivity index (χ0n) is 17.7. The van der Waals surface area contributed by atoms with Gasteiger partial charge in [-0.2, -0.15) is 4.89 Å². The molecule has 1 aromatic heterocycles. The summed E-state index contributed by atoms with van der Waals surface area (Å²) in [6.07, 6.45) is 3.75. The average Bonchev–Trinajstić information content (AvgIpc) is 2.74. The molecular formula is C24H22FNO5P+. The van der Waals surface area contributed by atoms with E-state index in [0.717, 1.165) is 6.92 Å². The Labute approximate surface area is 185 Å². The number of aromatic nitrogens is 1. The number of fused-ring (bicyclic) bond motifs is 1. The Morgan fingerprint density at radius 1 is 1.19 bits per heavy atom. The van der Waals surface area contributed by atoms with Crippen molar-refractivity contribution in [1.29, 1.82) is 0 Å². The molecule has 0 saturated carbocycles. The Hall–Kier alpha value is -3.17. The topological polar surface area (TPSA) is 96.7 Å². The molecule has 0 aliphatic carbocycles. The lowest BCUT2D eigenvalue weighted by atomic mass is 9.94. The molecule has 3 unspecified atom stereocenters. The van der Waals surface area contributed by atoms with Crippen LogP contribution in [0.2, 0.25) is 0 Å². The molecule has 0 aliphatic heterocycles. The molecule has 0 spiro atoms. The van der Waals surface area contributed by atoms with Gasteiger partial charge in [0.1, 0.15) is 17.6 Å². The quantitative estimate of drug-likeness (QED) is 0.322. The summed E-state index contributed by atoms with van der Waals surface area (Å²) in [6.45, 7) is 4.93. The number of pyridine rings is 1. The van der Waals surface area contributed by atoms with Crippen LogP contribution in [0, 0.1) is 18.2 Å². The fourth-order valence-electron chi connectivity index (χ4n) is 3.51. The van der Waals surface area contributed by atoms with E-state index in [1.165, 1.54) is 24.3 Å². The second-order valence-corrected chi connectivity index (χ2v) is 8.88. The third-order valence-corrected chi connectivity index (χ3v) is 6.50. The number of ether oxygens (including phenoxy) is 1. The maximum absolute atomic E-state index is 13.5. The zero-order chi connectivity index (χ0) is 23.6. The minimum absolute atomic E-state index is 0.0347. The smallest absolute Gasteiger partial charge is 0.419 e. The van der Waals surface area contributed by atoms with Gasteiger partial charge in [0, 0.05) is 16.5 Å². The van der Waals surface area contributed by atoms with Crippen LogP contribution >= 0.6 is 8.03 Å². The van der Waals surface area contributed by atoms with Gasteiger partial charge in [-0.3, -0.25) is 0 Å². The lowest BCUT2D eigenvalue weighted by Crippen LogP contribution is -2.46. The summed E-state index contributed by atoms with van der Waals surface area (Å²) in [6, 6.07) is 12.7. The number of hydrogen-bond donors (Lipinski definition) is 2. The second-order valence-electron chi connectivity index (χ2n) is 7.63. The summed E-state index contributed by atoms with van der Waals surface area (Å²) in [7, 11) is -3.33. The Bertz CT molecular complexity index is 1230. The molecule has 2 N–H and O–H groups in total. The van der Waals surface area contributed by atoms with Gasteiger partial charge in [0.2, 0.25) is 0 Å². The summed E-state index contributed by atoms with van der Waals surface area (Å²) in [5.41, 5.74) is 1.96. The van der Waals surface area contributed by atoms with Crippen LogP contribution in [0.25, 0.3) is 22.2 Å². The van der Waals surface area contributed by atoms with Crippen LogP contribution < -0.4 is 4.74 Å². The third kappa shape index (κ3) is 4.01. The SMILES string of the molecule is C#CC(C(=O)Oc1c(-c2ccc(F)cc2)nc2ccccc2c1C(C)C)(C(C)O)[P+](=O)O. The minimum atomic E-state index is -3.33. The number of hydrogen-bond acceptors (Lipinski definition) is 5. The molecule has 32 heavy (non-hydrogen) atoms. The van der Waals surface area contributed by atoms with Gasteiger partial charge < -0.3 is 9.84 Å². The van der Waals surface area contributed by atoms with E-state index in [2.05, 4.69) is 4.98 Å². The number of aliphatic hydroxyl groups excluding tert-OH is 1. The van der Waals surface area contributed by atoms with Crippen LogP contribution in [0.4, 0.5) is 4.39 Å². The Morgan fingerprint density at radius 2 is 1.81 bits per heavy atom. The normalized spacial score (nSPS) is 14.5. The molecule has 2 aromatic carbocycles. The first-order valence-corrected chi connectivity index (χ1v) is 11.1. The summed E-state index contributed by atoms with van der Waals surface area (Å²) in [5, 5.41) is 8.36. The number of benzene rings is 2. The van der Waals surface area contributed by atoms with Crippen LogP contribution in [0.15, 0.2) is 48.5 Å². The van der Waals surface area contributed by atoms with E-state index in [-0.39, 0.29) is 17.4 Å². The highest BCUT2D eigenvalue weighted by Crippen LogP contribution is 2.44. The molecule has 0 amide bonds. The molecule has 0 radical (unpaired) electrons. The molecule has 3 atom stereocenters. The highest BCUT2D eigenvalue weighted by Gasteiger charge is 2.62. The van der Waals surface area contributed by atoms with Gasteiger partial charge >= 0.3 is 19.2 Å². The van der Waals surface area contributed by atoms with E-state index < -0.39 is 31.1 Å². The van der Waals surface area contributed by atoms with Crippen LogP contribution in [0.1, 0.15) is 32.3 Å². The largest absolute Gasteiger partial charge is 0.540 e. The molecule has 6 nitrogen and oxygen atoms in total. The number of carbonyl (C=O) groups excluding carboxylic acids is 1. The third-order valence-electron chi connectivity index (χ3n) is 5.21. The Kier molecular flexibility index (Phi) is 6.71. The van der Waals surface area contributed by atoms with E-state index in [0.29, 0.717) is 22.0 Å². The fourth-order valence-corrected chi connectivity index (χ4v) is 4.15. The first-order valence-electron chi connectivity index (χ1n) is 9.86. The zero-order valence-corrected chi connectivity index (χ0v) is 18.6. The van der Waals surface area contributed by atoms with Crippen molar-refractivity contribution in [3.63, 3.8) is 0 Å². The van der Waals surface area contributed by atoms with E-state index in [1.54, 1.807) is 6.07 Å². The van der Waals surface area contributed by atoms with Crippen molar-refractivity contribution in [2.75, 3.05) is 0 Å². The molecule has 0 fully saturated rings. The predicted octanol–water partition coefficient (Wildman–Crippen LogP) is 4.56. The Morgan fingerprint density at radius 3 is 2.34 bits per heavy atom. The van der Waals surface area contributed by atoms with E-state index in [4.69, 9.17) is 11.2 Å². The molecule has 0 aliphatic rings. The number of nitrogens with zero attached hydrogens (tertiary/aromatic N) is 1.